The molecular weight excluding hydrogens is 322 g/mol. The molecule has 2 aromatic rings. The van der Waals surface area contributed by atoms with Crippen LogP contribution in [0.2, 0.25) is 0 Å². The summed E-state index contributed by atoms with van der Waals surface area (Å²) in [5.41, 5.74) is 7.78. The van der Waals surface area contributed by atoms with Gasteiger partial charge >= 0.3 is 0 Å². The highest BCUT2D eigenvalue weighted by molar-refractivity contribution is 5.65. The van der Waals surface area contributed by atoms with Crippen LogP contribution in [0.5, 0.6) is 0 Å². The van der Waals surface area contributed by atoms with E-state index in [1.807, 2.05) is 18.2 Å². The lowest BCUT2D eigenvalue weighted by Crippen LogP contribution is -2.36. The number of nitriles is 1. The van der Waals surface area contributed by atoms with Crippen LogP contribution < -0.4 is 10.2 Å². The van der Waals surface area contributed by atoms with Gasteiger partial charge < -0.3 is 15.3 Å². The molecule has 2 N–H and O–H groups in total. The number of hydrogen-bond acceptors (Lipinski definition) is 4. The Bertz CT molecular complexity index is 807. The molecule has 4 heteroatoms. The highest BCUT2D eigenvalue weighted by atomic mass is 16.3. The zero-order valence-electron chi connectivity index (χ0n) is 15.8. The first-order valence-corrected chi connectivity index (χ1v) is 9.25. The van der Waals surface area contributed by atoms with Crippen LogP contribution in [0.1, 0.15) is 40.7 Å². The third kappa shape index (κ3) is 4.00. The summed E-state index contributed by atoms with van der Waals surface area (Å²) >= 11 is 0. The molecule has 0 atom stereocenters. The molecule has 0 spiro atoms. The Morgan fingerprint density at radius 1 is 1.12 bits per heavy atom. The van der Waals surface area contributed by atoms with Gasteiger partial charge in [0, 0.05) is 25.3 Å². The van der Waals surface area contributed by atoms with Gasteiger partial charge in [-0.25, -0.2) is 0 Å². The number of nitrogens with one attached hydrogen (secondary N) is 1. The van der Waals surface area contributed by atoms with E-state index < -0.39 is 0 Å². The van der Waals surface area contributed by atoms with Gasteiger partial charge in [0.05, 0.1) is 17.4 Å². The number of nitrogens with zero attached hydrogens (tertiary/aromatic N) is 2. The minimum atomic E-state index is -0.210. The first-order valence-electron chi connectivity index (χ1n) is 9.25. The highest BCUT2D eigenvalue weighted by Gasteiger charge is 2.19. The summed E-state index contributed by atoms with van der Waals surface area (Å²) in [7, 11) is 0. The molecule has 0 aromatic heterocycles. The van der Waals surface area contributed by atoms with Gasteiger partial charge in [-0.2, -0.15) is 5.26 Å². The van der Waals surface area contributed by atoms with Crippen molar-refractivity contribution in [3.05, 3.63) is 58.1 Å². The van der Waals surface area contributed by atoms with Crippen molar-refractivity contribution in [2.45, 2.75) is 46.3 Å². The smallest absolute Gasteiger partial charge is 0.101 e. The van der Waals surface area contributed by atoms with Crippen molar-refractivity contribution in [3.63, 3.8) is 0 Å². The van der Waals surface area contributed by atoms with Gasteiger partial charge in [0.1, 0.15) is 6.07 Å². The number of hydrogen-bond donors (Lipinski definition) is 2. The van der Waals surface area contributed by atoms with Crippen LogP contribution in [0, 0.1) is 32.1 Å². The van der Waals surface area contributed by atoms with Gasteiger partial charge in [-0.05, 0) is 68.5 Å². The van der Waals surface area contributed by atoms with Crippen LogP contribution in [0.25, 0.3) is 0 Å². The highest BCUT2D eigenvalue weighted by Crippen LogP contribution is 2.27. The molecule has 1 aliphatic heterocycles. The lowest BCUT2D eigenvalue weighted by Gasteiger charge is -2.32. The minimum Gasteiger partial charge on any atom is -0.393 e. The Hall–Kier alpha value is -2.51. The van der Waals surface area contributed by atoms with E-state index in [-0.39, 0.29) is 6.10 Å². The first-order chi connectivity index (χ1) is 12.5. The largest absolute Gasteiger partial charge is 0.393 e. The Balaban J connectivity index is 1.75. The van der Waals surface area contributed by atoms with Crippen molar-refractivity contribution in [2.24, 2.45) is 0 Å². The summed E-state index contributed by atoms with van der Waals surface area (Å²) in [5.74, 6) is 0. The van der Waals surface area contributed by atoms with Gasteiger partial charge in [0.25, 0.3) is 0 Å². The Labute approximate surface area is 156 Å². The predicted octanol–water partition coefficient (Wildman–Crippen LogP) is 4.06. The molecule has 4 nitrogen and oxygen atoms in total. The number of aliphatic hydroxyl groups excluding tert-OH is 1. The fourth-order valence-electron chi connectivity index (χ4n) is 3.80. The topological polar surface area (TPSA) is 59.3 Å². The summed E-state index contributed by atoms with van der Waals surface area (Å²) < 4.78 is 0. The van der Waals surface area contributed by atoms with Crippen LogP contribution in [-0.4, -0.2) is 24.3 Å². The summed E-state index contributed by atoms with van der Waals surface area (Å²) in [6.45, 7) is 8.75. The molecule has 1 aliphatic rings. The summed E-state index contributed by atoms with van der Waals surface area (Å²) in [5, 5.41) is 22.7. The average Bonchev–Trinajstić information content (AvgIpc) is 2.61. The normalized spacial score (nSPS) is 15.0. The number of aryl methyl sites for hydroxylation is 3. The van der Waals surface area contributed by atoms with E-state index in [1.165, 1.54) is 22.3 Å². The summed E-state index contributed by atoms with van der Waals surface area (Å²) in [4.78, 5) is 2.20. The number of rotatable bonds is 4. The molecular formula is C22H27N3O. The van der Waals surface area contributed by atoms with Gasteiger partial charge in [-0.1, -0.05) is 17.7 Å². The third-order valence-electron chi connectivity index (χ3n) is 5.23. The second kappa shape index (κ2) is 7.80. The zero-order chi connectivity index (χ0) is 18.7. The maximum absolute atomic E-state index is 9.68. The van der Waals surface area contributed by atoms with Crippen molar-refractivity contribution in [1.29, 1.82) is 5.26 Å². The quantitative estimate of drug-likeness (QED) is 0.874. The van der Waals surface area contributed by atoms with Crippen molar-refractivity contribution in [2.75, 3.05) is 23.3 Å². The van der Waals surface area contributed by atoms with E-state index >= 15 is 0 Å². The standard InChI is InChI=1S/C22H27N3O/c1-15-10-16(2)21(17(3)11-15)14-24-19-4-5-22(18(12-19)13-23)25-8-6-20(26)7-9-25/h4-5,10-12,20,24,26H,6-9,14H2,1-3H3. The molecule has 136 valence electrons. The number of aliphatic hydroxyl groups is 1. The van der Waals surface area contributed by atoms with Gasteiger partial charge in [-0.15, -0.1) is 0 Å². The van der Waals surface area contributed by atoms with Gasteiger partial charge in [0.15, 0.2) is 0 Å². The Morgan fingerprint density at radius 3 is 2.38 bits per heavy atom. The van der Waals surface area contributed by atoms with Crippen molar-refractivity contribution >= 4 is 11.4 Å². The van der Waals surface area contributed by atoms with Crippen molar-refractivity contribution < 1.29 is 5.11 Å². The van der Waals surface area contributed by atoms with Crippen LogP contribution in [0.15, 0.2) is 30.3 Å². The fraction of sp³-hybridized carbons (Fsp3) is 0.409. The summed E-state index contributed by atoms with van der Waals surface area (Å²) in [6.07, 6.45) is 1.31. The molecule has 2 aromatic carbocycles. The molecule has 0 unspecified atom stereocenters. The molecule has 0 saturated carbocycles. The molecule has 0 radical (unpaired) electrons. The van der Waals surface area contributed by atoms with Crippen LogP contribution in [0.3, 0.4) is 0 Å². The first kappa shape index (κ1) is 18.3. The predicted molar refractivity (Wildman–Crippen MR) is 107 cm³/mol. The summed E-state index contributed by atoms with van der Waals surface area (Å²) in [6, 6.07) is 12.7. The maximum atomic E-state index is 9.68. The molecule has 1 heterocycles. The molecule has 1 saturated heterocycles. The molecule has 1 fully saturated rings. The van der Waals surface area contributed by atoms with Crippen molar-refractivity contribution in [3.8, 4) is 6.07 Å². The number of benzene rings is 2. The third-order valence-corrected chi connectivity index (χ3v) is 5.23. The number of anilines is 2. The van der Waals surface area contributed by atoms with E-state index in [2.05, 4.69) is 49.2 Å². The number of piperidine rings is 1. The van der Waals surface area contributed by atoms with E-state index in [4.69, 9.17) is 0 Å². The average molecular weight is 349 g/mol. The van der Waals surface area contributed by atoms with E-state index in [1.54, 1.807) is 0 Å². The van der Waals surface area contributed by atoms with Crippen LogP contribution >= 0.6 is 0 Å². The van der Waals surface area contributed by atoms with Gasteiger partial charge in [-0.3, -0.25) is 0 Å². The van der Waals surface area contributed by atoms with Crippen molar-refractivity contribution in [1.82, 2.24) is 0 Å². The minimum absolute atomic E-state index is 0.210. The van der Waals surface area contributed by atoms with Crippen LogP contribution in [0.4, 0.5) is 11.4 Å². The molecule has 0 bridgehead atoms. The van der Waals surface area contributed by atoms with Gasteiger partial charge in [0.2, 0.25) is 0 Å². The monoisotopic (exact) mass is 349 g/mol. The Kier molecular flexibility index (Phi) is 5.49. The molecule has 0 amide bonds. The second-order valence-corrected chi connectivity index (χ2v) is 7.29. The molecule has 0 aliphatic carbocycles. The molecule has 3 rings (SSSR count). The Morgan fingerprint density at radius 2 is 1.77 bits per heavy atom. The zero-order valence-corrected chi connectivity index (χ0v) is 15.8. The van der Waals surface area contributed by atoms with E-state index in [9.17, 15) is 10.4 Å². The SMILES string of the molecule is Cc1cc(C)c(CNc2ccc(N3CCC(O)CC3)c(C#N)c2)c(C)c1. The van der Waals surface area contributed by atoms with E-state index in [0.717, 1.165) is 43.9 Å². The van der Waals surface area contributed by atoms with Crippen LogP contribution in [-0.2, 0) is 6.54 Å². The van der Waals surface area contributed by atoms with E-state index in [0.29, 0.717) is 5.56 Å². The molecule has 26 heavy (non-hydrogen) atoms. The lowest BCUT2D eigenvalue weighted by molar-refractivity contribution is 0.145. The fourth-order valence-corrected chi connectivity index (χ4v) is 3.80. The lowest BCUT2D eigenvalue weighted by atomic mass is 9.99. The maximum Gasteiger partial charge on any atom is 0.101 e. The second-order valence-electron chi connectivity index (χ2n) is 7.29.